The van der Waals surface area contributed by atoms with E-state index in [9.17, 15) is 0 Å². The summed E-state index contributed by atoms with van der Waals surface area (Å²) in [5, 5.41) is 4.46. The molecule has 6 nitrogen and oxygen atoms in total. The molecular weight excluding hydrogens is 436 g/mol. The fourth-order valence-corrected chi connectivity index (χ4v) is 5.18. The zero-order valence-corrected chi connectivity index (χ0v) is 19.3. The van der Waals surface area contributed by atoms with Gasteiger partial charge in [-0.15, -0.1) is 0 Å². The summed E-state index contributed by atoms with van der Waals surface area (Å²) in [6.07, 6.45) is 0. The zero-order chi connectivity index (χ0) is 23.6. The highest BCUT2D eigenvalue weighted by atomic mass is 16.5. The maximum Gasteiger partial charge on any atom is 0.335 e. The van der Waals surface area contributed by atoms with Gasteiger partial charge in [-0.25, -0.2) is 0 Å². The number of ether oxygens (including phenoxy) is 1. The molecule has 0 saturated carbocycles. The Balaban J connectivity index is 1.41. The summed E-state index contributed by atoms with van der Waals surface area (Å²) in [4.78, 5) is 8.96. The second-order valence-electron chi connectivity index (χ2n) is 9.24. The van der Waals surface area contributed by atoms with Crippen molar-refractivity contribution in [1.82, 2.24) is 10.1 Å². The molecule has 0 N–H and O–H groups in total. The Hall–Kier alpha value is -4.58. The predicted molar refractivity (Wildman–Crippen MR) is 136 cm³/mol. The molecule has 1 aromatic heterocycles. The molecule has 4 aromatic carbocycles. The van der Waals surface area contributed by atoms with Crippen molar-refractivity contribution in [3.05, 3.63) is 108 Å². The lowest BCUT2D eigenvalue weighted by Gasteiger charge is -2.40. The average molecular weight is 459 g/mol. The molecule has 0 bridgehead atoms. The number of para-hydroxylation sites is 6. The first-order valence-electron chi connectivity index (χ1n) is 11.6. The van der Waals surface area contributed by atoms with Crippen molar-refractivity contribution in [3.63, 3.8) is 0 Å². The maximum absolute atomic E-state index is 6.13. The van der Waals surface area contributed by atoms with Crippen molar-refractivity contribution in [2.24, 2.45) is 0 Å². The minimum atomic E-state index is -0.154. The molecule has 7 rings (SSSR count). The SMILES string of the molecule is CC1(C)c2ccccc2N(c2noc(N3c4ccccc4Oc4ccccc43)n2)c2ccccc21. The van der Waals surface area contributed by atoms with E-state index in [0.29, 0.717) is 12.0 Å². The number of aromatic nitrogens is 2. The van der Waals surface area contributed by atoms with Gasteiger partial charge in [0.15, 0.2) is 11.5 Å². The number of rotatable bonds is 2. The van der Waals surface area contributed by atoms with Crippen LogP contribution in [0.1, 0.15) is 25.0 Å². The molecule has 170 valence electrons. The Bertz CT molecular complexity index is 1490. The van der Waals surface area contributed by atoms with Crippen LogP contribution in [0.4, 0.5) is 34.7 Å². The van der Waals surface area contributed by atoms with E-state index in [0.717, 1.165) is 34.2 Å². The quantitative estimate of drug-likeness (QED) is 0.264. The van der Waals surface area contributed by atoms with Crippen LogP contribution >= 0.6 is 0 Å². The van der Waals surface area contributed by atoms with Crippen LogP contribution in [0.5, 0.6) is 11.5 Å². The van der Waals surface area contributed by atoms with E-state index in [1.165, 1.54) is 11.1 Å². The van der Waals surface area contributed by atoms with Crippen LogP contribution in [0.2, 0.25) is 0 Å². The summed E-state index contributed by atoms with van der Waals surface area (Å²) in [5.74, 6) is 1.96. The summed E-state index contributed by atoms with van der Waals surface area (Å²) >= 11 is 0. The minimum absolute atomic E-state index is 0.154. The second kappa shape index (κ2) is 7.21. The highest BCUT2D eigenvalue weighted by molar-refractivity contribution is 5.86. The van der Waals surface area contributed by atoms with E-state index in [-0.39, 0.29) is 5.41 Å². The maximum atomic E-state index is 6.13. The standard InChI is InChI=1S/C29H22N4O2/c1-29(2)19-11-3-5-13-21(19)32(22-14-6-4-12-20(22)29)27-30-28(35-31-27)33-23-15-7-9-17-25(23)34-26-18-10-8-16-24(26)33/h3-18H,1-2H3. The summed E-state index contributed by atoms with van der Waals surface area (Å²) < 4.78 is 12.0. The van der Waals surface area contributed by atoms with Crippen LogP contribution in [0.15, 0.2) is 102 Å². The molecule has 0 saturated heterocycles. The van der Waals surface area contributed by atoms with E-state index in [1.54, 1.807) is 0 Å². The number of hydrogen-bond donors (Lipinski definition) is 0. The van der Waals surface area contributed by atoms with Crippen LogP contribution < -0.4 is 14.5 Å². The summed E-state index contributed by atoms with van der Waals surface area (Å²) in [7, 11) is 0. The van der Waals surface area contributed by atoms with Crippen molar-refractivity contribution in [3.8, 4) is 11.5 Å². The number of nitrogens with zero attached hydrogens (tertiary/aromatic N) is 4. The molecule has 6 heteroatoms. The highest BCUT2D eigenvalue weighted by Crippen LogP contribution is 2.53. The molecule has 0 radical (unpaired) electrons. The number of anilines is 6. The third kappa shape index (κ3) is 2.83. The third-order valence-corrected chi connectivity index (χ3v) is 6.86. The van der Waals surface area contributed by atoms with Gasteiger partial charge in [0.1, 0.15) is 0 Å². The van der Waals surface area contributed by atoms with E-state index < -0.39 is 0 Å². The van der Waals surface area contributed by atoms with Gasteiger partial charge in [0, 0.05) is 5.41 Å². The van der Waals surface area contributed by atoms with Gasteiger partial charge in [-0.05, 0) is 52.7 Å². The molecule has 0 fully saturated rings. The number of benzene rings is 4. The smallest absolute Gasteiger partial charge is 0.335 e. The topological polar surface area (TPSA) is 54.6 Å². The molecule has 2 aliphatic heterocycles. The predicted octanol–water partition coefficient (Wildman–Crippen LogP) is 7.75. The van der Waals surface area contributed by atoms with Crippen molar-refractivity contribution in [2.45, 2.75) is 19.3 Å². The van der Waals surface area contributed by atoms with Gasteiger partial charge in [0.25, 0.3) is 5.95 Å². The van der Waals surface area contributed by atoms with Crippen LogP contribution in [-0.4, -0.2) is 10.1 Å². The first-order chi connectivity index (χ1) is 17.1. The first-order valence-corrected chi connectivity index (χ1v) is 11.6. The number of hydrogen-bond acceptors (Lipinski definition) is 6. The molecule has 5 aromatic rings. The lowest BCUT2D eigenvalue weighted by molar-refractivity contribution is 0.421. The van der Waals surface area contributed by atoms with Gasteiger partial charge in [-0.1, -0.05) is 74.5 Å². The zero-order valence-electron chi connectivity index (χ0n) is 19.3. The van der Waals surface area contributed by atoms with Crippen molar-refractivity contribution in [1.29, 1.82) is 0 Å². The van der Waals surface area contributed by atoms with E-state index in [1.807, 2.05) is 65.6 Å². The second-order valence-corrected chi connectivity index (χ2v) is 9.24. The molecule has 0 atom stereocenters. The van der Waals surface area contributed by atoms with Crippen LogP contribution in [0.25, 0.3) is 0 Å². The highest BCUT2D eigenvalue weighted by Gasteiger charge is 2.38. The molecular formula is C29H22N4O2. The van der Waals surface area contributed by atoms with Crippen molar-refractivity contribution >= 4 is 34.7 Å². The Labute approximate surface area is 203 Å². The average Bonchev–Trinajstić information content (AvgIpc) is 3.37. The molecule has 3 heterocycles. The molecule has 2 aliphatic rings. The van der Waals surface area contributed by atoms with Crippen molar-refractivity contribution in [2.75, 3.05) is 9.80 Å². The molecule has 0 amide bonds. The van der Waals surface area contributed by atoms with Gasteiger partial charge in [0.2, 0.25) is 0 Å². The van der Waals surface area contributed by atoms with Gasteiger partial charge in [-0.2, -0.15) is 4.98 Å². The summed E-state index contributed by atoms with van der Waals surface area (Å²) in [5.41, 5.74) is 6.07. The van der Waals surface area contributed by atoms with Gasteiger partial charge in [0.05, 0.1) is 22.7 Å². The Morgan fingerprint density at radius 1 is 0.600 bits per heavy atom. The Morgan fingerprint density at radius 2 is 1.09 bits per heavy atom. The molecule has 0 spiro atoms. The molecule has 35 heavy (non-hydrogen) atoms. The fourth-order valence-electron chi connectivity index (χ4n) is 5.18. The van der Waals surface area contributed by atoms with Gasteiger partial charge < -0.3 is 9.26 Å². The summed E-state index contributed by atoms with van der Waals surface area (Å²) in [6.45, 7) is 4.51. The number of fused-ring (bicyclic) bond motifs is 4. The summed E-state index contributed by atoms with van der Waals surface area (Å²) in [6, 6.07) is 32.9. The van der Waals surface area contributed by atoms with Crippen LogP contribution in [0.3, 0.4) is 0 Å². The van der Waals surface area contributed by atoms with E-state index >= 15 is 0 Å². The first kappa shape index (κ1) is 19.9. The van der Waals surface area contributed by atoms with E-state index in [2.05, 4.69) is 60.3 Å². The Morgan fingerprint density at radius 3 is 1.66 bits per heavy atom. The van der Waals surface area contributed by atoms with Gasteiger partial charge in [-0.3, -0.25) is 9.80 Å². The van der Waals surface area contributed by atoms with E-state index in [4.69, 9.17) is 14.2 Å². The minimum Gasteiger partial charge on any atom is -0.453 e. The molecule has 0 aliphatic carbocycles. The largest absolute Gasteiger partial charge is 0.453 e. The normalized spacial score (nSPS) is 14.9. The molecule has 0 unspecified atom stereocenters. The lowest BCUT2D eigenvalue weighted by Crippen LogP contribution is -2.30. The van der Waals surface area contributed by atoms with Gasteiger partial charge >= 0.3 is 6.01 Å². The van der Waals surface area contributed by atoms with Crippen LogP contribution in [0, 0.1) is 0 Å². The van der Waals surface area contributed by atoms with Crippen molar-refractivity contribution < 1.29 is 9.26 Å². The third-order valence-electron chi connectivity index (χ3n) is 6.86. The fraction of sp³-hybridized carbons (Fsp3) is 0.103. The van der Waals surface area contributed by atoms with Crippen LogP contribution in [-0.2, 0) is 5.41 Å². The Kier molecular flexibility index (Phi) is 4.09. The monoisotopic (exact) mass is 458 g/mol. The lowest BCUT2D eigenvalue weighted by atomic mass is 9.74.